The molecule has 2 rings (SSSR count). The van der Waals surface area contributed by atoms with Crippen molar-refractivity contribution in [1.82, 2.24) is 14.5 Å². The van der Waals surface area contributed by atoms with Crippen molar-refractivity contribution in [3.05, 3.63) is 17.2 Å². The maximum Gasteiger partial charge on any atom is 0.177 e. The maximum absolute atomic E-state index is 5.24. The molecule has 2 unspecified atom stereocenters. The molecule has 2 atom stereocenters. The molecule has 2 heterocycles. The Morgan fingerprint density at radius 3 is 2.93 bits per heavy atom. The zero-order chi connectivity index (χ0) is 10.1. The molecule has 0 spiro atoms. The lowest BCUT2D eigenvalue weighted by molar-refractivity contribution is 0.158. The van der Waals surface area contributed by atoms with Crippen molar-refractivity contribution < 1.29 is 0 Å². The standard InChI is InChI=1S/C10H17N3S/c1-8-7-12(2)5-3-9(8)13-6-4-11-10(13)14/h4,6,8-9H,3,5,7H2,1-2H3,(H,11,14). The average Bonchev–Trinajstić information content (AvgIpc) is 2.52. The molecular formula is C10H17N3S. The molecule has 1 N–H and O–H groups in total. The highest BCUT2D eigenvalue weighted by molar-refractivity contribution is 7.71. The summed E-state index contributed by atoms with van der Waals surface area (Å²) < 4.78 is 3.05. The number of nitrogens with zero attached hydrogens (tertiary/aromatic N) is 2. The van der Waals surface area contributed by atoms with Gasteiger partial charge >= 0.3 is 0 Å². The van der Waals surface area contributed by atoms with E-state index in [9.17, 15) is 0 Å². The Morgan fingerprint density at radius 2 is 2.36 bits per heavy atom. The summed E-state index contributed by atoms with van der Waals surface area (Å²) in [5, 5.41) is 0. The first-order valence-electron chi connectivity index (χ1n) is 5.12. The molecule has 78 valence electrons. The monoisotopic (exact) mass is 211 g/mol. The van der Waals surface area contributed by atoms with E-state index in [0.717, 1.165) is 11.3 Å². The number of likely N-dealkylation sites (tertiary alicyclic amines) is 1. The third-order valence-electron chi connectivity index (χ3n) is 3.10. The molecule has 1 aromatic rings. The molecule has 1 fully saturated rings. The first-order valence-corrected chi connectivity index (χ1v) is 5.53. The summed E-state index contributed by atoms with van der Waals surface area (Å²) in [6.07, 6.45) is 5.19. The number of imidazole rings is 1. The van der Waals surface area contributed by atoms with E-state index in [1.165, 1.54) is 13.0 Å². The fourth-order valence-electron chi connectivity index (χ4n) is 2.35. The van der Waals surface area contributed by atoms with Crippen LogP contribution in [-0.4, -0.2) is 34.6 Å². The van der Waals surface area contributed by atoms with E-state index >= 15 is 0 Å². The lowest BCUT2D eigenvalue weighted by Gasteiger charge is -2.35. The SMILES string of the molecule is CC1CN(C)CCC1n1cc[nH]c1=S. The summed E-state index contributed by atoms with van der Waals surface area (Å²) in [6.45, 7) is 4.63. The summed E-state index contributed by atoms with van der Waals surface area (Å²) >= 11 is 5.24. The molecule has 0 bridgehead atoms. The van der Waals surface area contributed by atoms with E-state index in [0.29, 0.717) is 12.0 Å². The number of piperidine rings is 1. The second-order valence-corrected chi connectivity index (χ2v) is 4.65. The Balaban J connectivity index is 2.20. The minimum Gasteiger partial charge on any atom is -0.337 e. The number of nitrogens with one attached hydrogen (secondary N) is 1. The molecule has 1 aliphatic rings. The van der Waals surface area contributed by atoms with E-state index in [1.54, 1.807) is 0 Å². The fraction of sp³-hybridized carbons (Fsp3) is 0.700. The minimum absolute atomic E-state index is 0.574. The van der Waals surface area contributed by atoms with E-state index in [-0.39, 0.29) is 0 Å². The van der Waals surface area contributed by atoms with Crippen molar-refractivity contribution in [2.24, 2.45) is 5.92 Å². The number of hydrogen-bond acceptors (Lipinski definition) is 2. The van der Waals surface area contributed by atoms with Crippen molar-refractivity contribution in [3.63, 3.8) is 0 Å². The van der Waals surface area contributed by atoms with Gasteiger partial charge < -0.3 is 14.5 Å². The molecular weight excluding hydrogens is 194 g/mol. The van der Waals surface area contributed by atoms with E-state index in [2.05, 4.69) is 34.6 Å². The van der Waals surface area contributed by atoms with Crippen LogP contribution in [0.3, 0.4) is 0 Å². The lowest BCUT2D eigenvalue weighted by atomic mass is 9.94. The van der Waals surface area contributed by atoms with Crippen LogP contribution in [0, 0.1) is 10.7 Å². The largest absolute Gasteiger partial charge is 0.337 e. The van der Waals surface area contributed by atoms with Crippen LogP contribution in [0.25, 0.3) is 0 Å². The molecule has 1 saturated heterocycles. The zero-order valence-corrected chi connectivity index (χ0v) is 9.55. The van der Waals surface area contributed by atoms with Gasteiger partial charge in [0.05, 0.1) is 0 Å². The minimum atomic E-state index is 0.574. The number of H-pyrrole nitrogens is 1. The maximum atomic E-state index is 5.24. The van der Waals surface area contributed by atoms with Crippen LogP contribution in [0.2, 0.25) is 0 Å². The predicted octanol–water partition coefficient (Wildman–Crippen LogP) is 2.06. The van der Waals surface area contributed by atoms with Gasteiger partial charge in [-0.05, 0) is 38.1 Å². The molecule has 1 aromatic heterocycles. The summed E-state index contributed by atoms with van der Waals surface area (Å²) in [5.41, 5.74) is 0. The molecule has 0 saturated carbocycles. The molecule has 0 radical (unpaired) electrons. The van der Waals surface area contributed by atoms with Gasteiger partial charge in [-0.1, -0.05) is 6.92 Å². The van der Waals surface area contributed by atoms with Crippen LogP contribution in [0.5, 0.6) is 0 Å². The summed E-state index contributed by atoms with van der Waals surface area (Å²) in [7, 11) is 2.18. The second kappa shape index (κ2) is 3.87. The van der Waals surface area contributed by atoms with E-state index < -0.39 is 0 Å². The molecule has 4 heteroatoms. The third-order valence-corrected chi connectivity index (χ3v) is 3.43. The molecule has 0 aliphatic carbocycles. The van der Waals surface area contributed by atoms with Gasteiger partial charge in [-0.2, -0.15) is 0 Å². The van der Waals surface area contributed by atoms with Gasteiger partial charge in [0.25, 0.3) is 0 Å². The highest BCUT2D eigenvalue weighted by atomic mass is 32.1. The summed E-state index contributed by atoms with van der Waals surface area (Å²) in [4.78, 5) is 5.45. The number of aromatic nitrogens is 2. The van der Waals surface area contributed by atoms with Crippen molar-refractivity contribution in [1.29, 1.82) is 0 Å². The number of aromatic amines is 1. The first-order chi connectivity index (χ1) is 6.68. The Labute approximate surface area is 89.7 Å². The van der Waals surface area contributed by atoms with Crippen molar-refractivity contribution >= 4 is 12.2 Å². The lowest BCUT2D eigenvalue weighted by Crippen LogP contribution is -2.37. The molecule has 14 heavy (non-hydrogen) atoms. The molecule has 3 nitrogen and oxygen atoms in total. The first kappa shape index (κ1) is 9.93. The predicted molar refractivity (Wildman–Crippen MR) is 59.9 cm³/mol. The van der Waals surface area contributed by atoms with E-state index in [4.69, 9.17) is 12.2 Å². The zero-order valence-electron chi connectivity index (χ0n) is 8.73. The highest BCUT2D eigenvalue weighted by Gasteiger charge is 2.25. The van der Waals surface area contributed by atoms with Crippen molar-refractivity contribution in [3.8, 4) is 0 Å². The van der Waals surface area contributed by atoms with Crippen molar-refractivity contribution in [2.45, 2.75) is 19.4 Å². The van der Waals surface area contributed by atoms with Crippen LogP contribution in [-0.2, 0) is 0 Å². The molecule has 1 aliphatic heterocycles. The van der Waals surface area contributed by atoms with Gasteiger partial charge in [-0.3, -0.25) is 0 Å². The van der Waals surface area contributed by atoms with Crippen LogP contribution in [0.4, 0.5) is 0 Å². The van der Waals surface area contributed by atoms with Crippen LogP contribution >= 0.6 is 12.2 Å². The molecule has 0 aromatic carbocycles. The average molecular weight is 211 g/mol. The quantitative estimate of drug-likeness (QED) is 0.719. The summed E-state index contributed by atoms with van der Waals surface area (Å²) in [5.74, 6) is 0.677. The fourth-order valence-corrected chi connectivity index (χ4v) is 2.61. The van der Waals surface area contributed by atoms with Gasteiger partial charge in [0.15, 0.2) is 4.77 Å². The normalized spacial score (nSPS) is 29.3. The molecule has 0 amide bonds. The van der Waals surface area contributed by atoms with Gasteiger partial charge in [0, 0.05) is 25.0 Å². The van der Waals surface area contributed by atoms with E-state index in [1.807, 2.05) is 6.20 Å². The van der Waals surface area contributed by atoms with Crippen LogP contribution < -0.4 is 0 Å². The Hall–Kier alpha value is -0.610. The van der Waals surface area contributed by atoms with Gasteiger partial charge in [0.2, 0.25) is 0 Å². The smallest absolute Gasteiger partial charge is 0.177 e. The summed E-state index contributed by atoms with van der Waals surface area (Å²) in [6, 6.07) is 0.574. The highest BCUT2D eigenvalue weighted by Crippen LogP contribution is 2.27. The van der Waals surface area contributed by atoms with Gasteiger partial charge in [-0.25, -0.2) is 0 Å². The second-order valence-electron chi connectivity index (χ2n) is 4.27. The number of hydrogen-bond donors (Lipinski definition) is 1. The Bertz CT molecular complexity index is 354. The van der Waals surface area contributed by atoms with Crippen molar-refractivity contribution in [2.75, 3.05) is 20.1 Å². The Kier molecular flexibility index (Phi) is 2.74. The number of rotatable bonds is 1. The Morgan fingerprint density at radius 1 is 1.57 bits per heavy atom. The van der Waals surface area contributed by atoms with Gasteiger partial charge in [-0.15, -0.1) is 0 Å². The van der Waals surface area contributed by atoms with Crippen LogP contribution in [0.1, 0.15) is 19.4 Å². The third kappa shape index (κ3) is 1.77. The van der Waals surface area contributed by atoms with Crippen LogP contribution in [0.15, 0.2) is 12.4 Å². The topological polar surface area (TPSA) is 24.0 Å². The van der Waals surface area contributed by atoms with Gasteiger partial charge in [0.1, 0.15) is 0 Å².